The predicted molar refractivity (Wildman–Crippen MR) is 65.1 cm³/mol. The molecule has 1 unspecified atom stereocenters. The van der Waals surface area contributed by atoms with E-state index in [2.05, 4.69) is 20.8 Å². The highest BCUT2D eigenvalue weighted by atomic mass is 16.4. The van der Waals surface area contributed by atoms with E-state index >= 15 is 0 Å². The van der Waals surface area contributed by atoms with E-state index in [1.165, 1.54) is 13.1 Å². The van der Waals surface area contributed by atoms with E-state index in [1.54, 1.807) is 12.1 Å². The van der Waals surface area contributed by atoms with Gasteiger partial charge in [-0.2, -0.15) is 10.2 Å². The molecule has 0 fully saturated rings. The van der Waals surface area contributed by atoms with Gasteiger partial charge in [0.05, 0.1) is 24.3 Å². The molecule has 0 aliphatic carbocycles. The standard InChI is InChI=1S/C11H16N4O4/c1-11(19,5-9(16)17)7-13-10(18)12-6-8-3-2-4-14-15-8/h2-4,19H,5-7H2,1H3,(H,16,17)(H2,12,13,18). The van der Waals surface area contributed by atoms with Crippen LogP contribution in [-0.4, -0.2) is 44.6 Å². The van der Waals surface area contributed by atoms with Gasteiger partial charge < -0.3 is 20.8 Å². The van der Waals surface area contributed by atoms with Gasteiger partial charge in [-0.3, -0.25) is 4.79 Å². The highest BCUT2D eigenvalue weighted by Gasteiger charge is 2.24. The van der Waals surface area contributed by atoms with Gasteiger partial charge in [-0.25, -0.2) is 4.79 Å². The number of carboxylic acids is 1. The highest BCUT2D eigenvalue weighted by molar-refractivity contribution is 5.74. The van der Waals surface area contributed by atoms with Crippen molar-refractivity contribution < 1.29 is 19.8 Å². The number of aromatic nitrogens is 2. The van der Waals surface area contributed by atoms with Crippen molar-refractivity contribution in [1.29, 1.82) is 0 Å². The molecule has 1 aromatic heterocycles. The molecule has 0 bridgehead atoms. The van der Waals surface area contributed by atoms with Gasteiger partial charge >= 0.3 is 12.0 Å². The van der Waals surface area contributed by atoms with Crippen LogP contribution in [0.2, 0.25) is 0 Å². The molecule has 1 aromatic rings. The molecule has 0 aliphatic rings. The Morgan fingerprint density at radius 2 is 2.16 bits per heavy atom. The molecule has 1 atom stereocenters. The Labute approximate surface area is 109 Å². The predicted octanol–water partition coefficient (Wildman–Crippen LogP) is -0.498. The molecule has 0 saturated heterocycles. The zero-order valence-electron chi connectivity index (χ0n) is 10.5. The molecule has 4 N–H and O–H groups in total. The van der Waals surface area contributed by atoms with E-state index in [4.69, 9.17) is 5.11 Å². The summed E-state index contributed by atoms with van der Waals surface area (Å²) in [6.07, 6.45) is 1.07. The number of amides is 2. The number of carbonyl (C=O) groups is 2. The van der Waals surface area contributed by atoms with Crippen LogP contribution in [0.25, 0.3) is 0 Å². The number of aliphatic hydroxyl groups is 1. The second-order valence-electron chi connectivity index (χ2n) is 4.32. The highest BCUT2D eigenvalue weighted by Crippen LogP contribution is 2.07. The van der Waals surface area contributed by atoms with Crippen LogP contribution in [0.5, 0.6) is 0 Å². The third-order valence-electron chi connectivity index (χ3n) is 2.22. The summed E-state index contributed by atoms with van der Waals surface area (Å²) in [4.78, 5) is 21.9. The minimum absolute atomic E-state index is 0.161. The van der Waals surface area contributed by atoms with Crippen LogP contribution in [0.1, 0.15) is 19.0 Å². The summed E-state index contributed by atoms with van der Waals surface area (Å²) >= 11 is 0. The van der Waals surface area contributed by atoms with Gasteiger partial charge in [0, 0.05) is 12.7 Å². The average Bonchev–Trinajstić information content (AvgIpc) is 2.34. The van der Waals surface area contributed by atoms with Crippen molar-refractivity contribution in [1.82, 2.24) is 20.8 Å². The minimum atomic E-state index is -1.49. The van der Waals surface area contributed by atoms with Gasteiger partial charge in [0.15, 0.2) is 0 Å². The van der Waals surface area contributed by atoms with E-state index in [0.717, 1.165) is 0 Å². The van der Waals surface area contributed by atoms with Gasteiger partial charge in [-0.1, -0.05) is 0 Å². The van der Waals surface area contributed by atoms with Crippen LogP contribution >= 0.6 is 0 Å². The number of rotatable bonds is 6. The molecular weight excluding hydrogens is 252 g/mol. The van der Waals surface area contributed by atoms with Gasteiger partial charge in [-0.05, 0) is 19.1 Å². The molecule has 104 valence electrons. The molecule has 0 aromatic carbocycles. The number of nitrogens with zero attached hydrogens (tertiary/aromatic N) is 2. The van der Waals surface area contributed by atoms with Crippen LogP contribution < -0.4 is 10.6 Å². The van der Waals surface area contributed by atoms with Crippen molar-refractivity contribution in [3.05, 3.63) is 24.0 Å². The van der Waals surface area contributed by atoms with Gasteiger partial charge in [0.1, 0.15) is 0 Å². The largest absolute Gasteiger partial charge is 0.481 e. The van der Waals surface area contributed by atoms with Crippen LogP contribution in [0.4, 0.5) is 4.79 Å². The maximum atomic E-state index is 11.4. The topological polar surface area (TPSA) is 124 Å². The third kappa shape index (κ3) is 6.32. The Morgan fingerprint density at radius 1 is 1.42 bits per heavy atom. The number of carbonyl (C=O) groups excluding carboxylic acids is 1. The van der Waals surface area contributed by atoms with Crippen LogP contribution in [0.3, 0.4) is 0 Å². The van der Waals surface area contributed by atoms with Crippen LogP contribution in [-0.2, 0) is 11.3 Å². The fourth-order valence-electron chi connectivity index (χ4n) is 1.32. The lowest BCUT2D eigenvalue weighted by Crippen LogP contribution is -2.45. The lowest BCUT2D eigenvalue weighted by molar-refractivity contribution is -0.141. The van der Waals surface area contributed by atoms with E-state index in [0.29, 0.717) is 5.69 Å². The Kier molecular flexibility index (Phi) is 5.19. The van der Waals surface area contributed by atoms with Gasteiger partial charge in [0.25, 0.3) is 0 Å². The van der Waals surface area contributed by atoms with Crippen molar-refractivity contribution in [2.45, 2.75) is 25.5 Å². The normalized spacial score (nSPS) is 13.4. The van der Waals surface area contributed by atoms with E-state index in [-0.39, 0.29) is 13.1 Å². The fraction of sp³-hybridized carbons (Fsp3) is 0.455. The lowest BCUT2D eigenvalue weighted by atomic mass is 10.0. The summed E-state index contributed by atoms with van der Waals surface area (Å²) < 4.78 is 0. The zero-order chi connectivity index (χ0) is 14.3. The maximum Gasteiger partial charge on any atom is 0.315 e. The molecule has 0 spiro atoms. The fourth-order valence-corrected chi connectivity index (χ4v) is 1.32. The summed E-state index contributed by atoms with van der Waals surface area (Å²) in [5.74, 6) is -1.13. The first-order valence-electron chi connectivity index (χ1n) is 5.61. The van der Waals surface area contributed by atoms with Gasteiger partial charge in [-0.15, -0.1) is 0 Å². The molecular formula is C11H16N4O4. The number of aliphatic carboxylic acids is 1. The third-order valence-corrected chi connectivity index (χ3v) is 2.22. The minimum Gasteiger partial charge on any atom is -0.481 e. The van der Waals surface area contributed by atoms with Crippen molar-refractivity contribution >= 4 is 12.0 Å². The van der Waals surface area contributed by atoms with Crippen molar-refractivity contribution in [2.24, 2.45) is 0 Å². The van der Waals surface area contributed by atoms with E-state index < -0.39 is 24.0 Å². The SMILES string of the molecule is CC(O)(CNC(=O)NCc1cccnn1)CC(=O)O. The first-order chi connectivity index (χ1) is 8.89. The van der Waals surface area contributed by atoms with Crippen molar-refractivity contribution in [3.8, 4) is 0 Å². The molecule has 8 heteroatoms. The van der Waals surface area contributed by atoms with Crippen molar-refractivity contribution in [3.63, 3.8) is 0 Å². The van der Waals surface area contributed by atoms with E-state index in [9.17, 15) is 14.7 Å². The summed E-state index contributed by atoms with van der Waals surface area (Å²) in [5.41, 5.74) is -0.898. The number of carboxylic acid groups (broad SMARTS) is 1. The second-order valence-corrected chi connectivity index (χ2v) is 4.32. The quantitative estimate of drug-likeness (QED) is 0.551. The summed E-state index contributed by atoms with van der Waals surface area (Å²) in [5, 5.41) is 30.6. The van der Waals surface area contributed by atoms with Crippen LogP contribution in [0.15, 0.2) is 18.3 Å². The molecule has 0 aliphatic heterocycles. The Hall–Kier alpha value is -2.22. The zero-order valence-corrected chi connectivity index (χ0v) is 10.5. The van der Waals surface area contributed by atoms with Crippen LogP contribution in [0, 0.1) is 0 Å². The summed E-state index contributed by atoms with van der Waals surface area (Å²) in [6, 6.07) is 2.88. The smallest absolute Gasteiger partial charge is 0.315 e. The molecule has 2 amide bonds. The number of urea groups is 1. The molecule has 1 rings (SSSR count). The number of hydrogen-bond acceptors (Lipinski definition) is 5. The van der Waals surface area contributed by atoms with E-state index in [1.807, 2.05) is 0 Å². The Morgan fingerprint density at radius 3 is 2.74 bits per heavy atom. The van der Waals surface area contributed by atoms with Gasteiger partial charge in [0.2, 0.25) is 0 Å². The number of hydrogen-bond donors (Lipinski definition) is 4. The maximum absolute atomic E-state index is 11.4. The molecule has 0 radical (unpaired) electrons. The first kappa shape index (κ1) is 14.8. The Balaban J connectivity index is 2.30. The molecule has 8 nitrogen and oxygen atoms in total. The first-order valence-corrected chi connectivity index (χ1v) is 5.61. The van der Waals surface area contributed by atoms with Crippen molar-refractivity contribution in [2.75, 3.05) is 6.54 Å². The summed E-state index contributed by atoms with van der Waals surface area (Å²) in [7, 11) is 0. The monoisotopic (exact) mass is 268 g/mol. The number of nitrogens with one attached hydrogen (secondary N) is 2. The average molecular weight is 268 g/mol. The molecule has 0 saturated carbocycles. The lowest BCUT2D eigenvalue weighted by Gasteiger charge is -2.21. The second kappa shape index (κ2) is 6.64. The molecule has 1 heterocycles. The molecule has 19 heavy (non-hydrogen) atoms. The Bertz CT molecular complexity index is 436. The summed E-state index contributed by atoms with van der Waals surface area (Å²) in [6.45, 7) is 1.37.